The van der Waals surface area contributed by atoms with Gasteiger partial charge in [-0.15, -0.1) is 10.2 Å². The molecule has 0 saturated heterocycles. The van der Waals surface area contributed by atoms with Gasteiger partial charge >= 0.3 is 0 Å². The van der Waals surface area contributed by atoms with Gasteiger partial charge in [0.15, 0.2) is 11.0 Å². The smallest absolute Gasteiger partial charge is 0.234 e. The molecular weight excluding hydrogens is 450 g/mol. The maximum absolute atomic E-state index is 12.8. The van der Waals surface area contributed by atoms with Crippen molar-refractivity contribution in [3.05, 3.63) is 65.7 Å². The SMILES string of the molecule is COCCn1c(SCC(=O)Nc2c(C)nn(-c3ccc(C)cc3)c2C)nnc1-c1ccncc1. The zero-order valence-electron chi connectivity index (χ0n) is 19.6. The minimum absolute atomic E-state index is 0.133. The molecule has 3 aromatic heterocycles. The van der Waals surface area contributed by atoms with Gasteiger partial charge in [-0.3, -0.25) is 14.3 Å². The summed E-state index contributed by atoms with van der Waals surface area (Å²) >= 11 is 1.34. The van der Waals surface area contributed by atoms with Crippen LogP contribution in [0.1, 0.15) is 17.0 Å². The second-order valence-electron chi connectivity index (χ2n) is 7.82. The highest BCUT2D eigenvalue weighted by Crippen LogP contribution is 2.26. The van der Waals surface area contributed by atoms with E-state index in [1.807, 2.05) is 66.4 Å². The van der Waals surface area contributed by atoms with Gasteiger partial charge in [-0.2, -0.15) is 5.10 Å². The number of hydrogen-bond acceptors (Lipinski definition) is 7. The van der Waals surface area contributed by atoms with Crippen molar-refractivity contribution in [3.63, 3.8) is 0 Å². The first-order valence-electron chi connectivity index (χ1n) is 10.9. The number of rotatable bonds is 9. The van der Waals surface area contributed by atoms with Crippen molar-refractivity contribution in [2.24, 2.45) is 0 Å². The van der Waals surface area contributed by atoms with E-state index >= 15 is 0 Å². The van der Waals surface area contributed by atoms with Crippen LogP contribution in [0.4, 0.5) is 5.69 Å². The quantitative estimate of drug-likeness (QED) is 0.366. The van der Waals surface area contributed by atoms with Crippen LogP contribution >= 0.6 is 11.8 Å². The lowest BCUT2D eigenvalue weighted by atomic mass is 10.2. The number of methoxy groups -OCH3 is 1. The number of carbonyl (C=O) groups is 1. The molecule has 1 aromatic carbocycles. The Hall–Kier alpha value is -3.50. The Kier molecular flexibility index (Phi) is 7.39. The second kappa shape index (κ2) is 10.6. The molecule has 0 unspecified atom stereocenters. The molecule has 0 radical (unpaired) electrons. The van der Waals surface area contributed by atoms with E-state index in [9.17, 15) is 4.79 Å². The van der Waals surface area contributed by atoms with Gasteiger partial charge in [0.1, 0.15) is 0 Å². The third kappa shape index (κ3) is 5.18. The molecule has 0 bridgehead atoms. The second-order valence-corrected chi connectivity index (χ2v) is 8.76. The standard InChI is InChI=1S/C24H27N7O2S/c1-16-5-7-20(8-6-16)31-18(3)22(17(2)29-31)26-21(32)15-34-24-28-27-23(30(24)13-14-33-4)19-9-11-25-12-10-19/h5-12H,13-15H2,1-4H3,(H,26,32). The van der Waals surface area contributed by atoms with E-state index in [1.54, 1.807) is 19.5 Å². The number of nitrogens with one attached hydrogen (secondary N) is 1. The molecule has 0 aliphatic rings. The van der Waals surface area contributed by atoms with Gasteiger partial charge in [-0.1, -0.05) is 29.5 Å². The van der Waals surface area contributed by atoms with E-state index < -0.39 is 0 Å². The van der Waals surface area contributed by atoms with Gasteiger partial charge in [0.05, 0.1) is 41.7 Å². The molecule has 176 valence electrons. The molecule has 4 aromatic rings. The van der Waals surface area contributed by atoms with Crippen molar-refractivity contribution in [2.75, 3.05) is 24.8 Å². The number of anilines is 1. The number of amides is 1. The summed E-state index contributed by atoms with van der Waals surface area (Å²) in [5, 5.41) is 16.9. The number of ether oxygens (including phenoxy) is 1. The van der Waals surface area contributed by atoms with Crippen molar-refractivity contribution in [1.29, 1.82) is 0 Å². The largest absolute Gasteiger partial charge is 0.383 e. The number of carbonyl (C=O) groups excluding carboxylic acids is 1. The van der Waals surface area contributed by atoms with Crippen molar-refractivity contribution in [3.8, 4) is 17.1 Å². The number of hydrogen-bond donors (Lipinski definition) is 1. The van der Waals surface area contributed by atoms with E-state index in [-0.39, 0.29) is 11.7 Å². The molecule has 4 rings (SSSR count). The maximum atomic E-state index is 12.8. The molecule has 34 heavy (non-hydrogen) atoms. The molecule has 10 heteroatoms. The van der Waals surface area contributed by atoms with Crippen molar-refractivity contribution >= 4 is 23.4 Å². The molecule has 0 atom stereocenters. The van der Waals surface area contributed by atoms with Crippen molar-refractivity contribution in [1.82, 2.24) is 29.5 Å². The molecule has 1 N–H and O–H groups in total. The van der Waals surface area contributed by atoms with Crippen LogP contribution in [0.2, 0.25) is 0 Å². The predicted molar refractivity (Wildman–Crippen MR) is 132 cm³/mol. The van der Waals surface area contributed by atoms with Crippen LogP contribution in [0.5, 0.6) is 0 Å². The Morgan fingerprint density at radius 2 is 1.79 bits per heavy atom. The van der Waals surface area contributed by atoms with E-state index in [4.69, 9.17) is 4.74 Å². The summed E-state index contributed by atoms with van der Waals surface area (Å²) in [5.41, 5.74) is 5.41. The number of thioether (sulfide) groups is 1. The average Bonchev–Trinajstić information content (AvgIpc) is 3.38. The molecule has 0 saturated carbocycles. The summed E-state index contributed by atoms with van der Waals surface area (Å²) in [7, 11) is 1.65. The van der Waals surface area contributed by atoms with Crippen LogP contribution in [-0.2, 0) is 16.1 Å². The summed E-state index contributed by atoms with van der Waals surface area (Å²) < 4.78 is 9.06. The van der Waals surface area contributed by atoms with Gasteiger partial charge in [0, 0.05) is 25.1 Å². The predicted octanol–water partition coefficient (Wildman–Crippen LogP) is 3.83. The minimum Gasteiger partial charge on any atom is -0.383 e. The first-order chi connectivity index (χ1) is 16.5. The van der Waals surface area contributed by atoms with Gasteiger partial charge in [-0.05, 0) is 45.0 Å². The number of aryl methyl sites for hydroxylation is 2. The van der Waals surface area contributed by atoms with E-state index in [0.29, 0.717) is 24.1 Å². The number of aromatic nitrogens is 6. The Morgan fingerprint density at radius 1 is 1.06 bits per heavy atom. The lowest BCUT2D eigenvalue weighted by Gasteiger charge is -2.10. The van der Waals surface area contributed by atoms with Crippen LogP contribution < -0.4 is 5.32 Å². The average molecular weight is 478 g/mol. The summed E-state index contributed by atoms with van der Waals surface area (Å²) in [5.74, 6) is 0.774. The third-order valence-electron chi connectivity index (χ3n) is 5.34. The molecule has 3 heterocycles. The lowest BCUT2D eigenvalue weighted by Crippen LogP contribution is -2.16. The van der Waals surface area contributed by atoms with Crippen LogP contribution in [-0.4, -0.2) is 54.9 Å². The fourth-order valence-electron chi connectivity index (χ4n) is 3.56. The first kappa shape index (κ1) is 23.7. The van der Waals surface area contributed by atoms with Gasteiger partial charge in [0.25, 0.3) is 0 Å². The monoisotopic (exact) mass is 477 g/mol. The van der Waals surface area contributed by atoms with E-state index in [2.05, 4.69) is 25.6 Å². The molecular formula is C24H27N7O2S. The highest BCUT2D eigenvalue weighted by atomic mass is 32.2. The zero-order chi connectivity index (χ0) is 24.1. The normalized spacial score (nSPS) is 11.1. The Labute approximate surface area is 202 Å². The van der Waals surface area contributed by atoms with E-state index in [0.717, 1.165) is 28.3 Å². The first-order valence-corrected chi connectivity index (χ1v) is 11.8. The molecule has 1 amide bonds. The highest BCUT2D eigenvalue weighted by molar-refractivity contribution is 7.99. The molecule has 0 fully saturated rings. The van der Waals surface area contributed by atoms with Gasteiger partial charge in [-0.25, -0.2) is 4.68 Å². The Morgan fingerprint density at radius 3 is 2.50 bits per heavy atom. The maximum Gasteiger partial charge on any atom is 0.234 e. The summed E-state index contributed by atoms with van der Waals surface area (Å²) in [6.07, 6.45) is 3.43. The number of nitrogens with zero attached hydrogens (tertiary/aromatic N) is 6. The topological polar surface area (TPSA) is 99.8 Å². The summed E-state index contributed by atoms with van der Waals surface area (Å²) in [6.45, 7) is 6.97. The highest BCUT2D eigenvalue weighted by Gasteiger charge is 2.18. The lowest BCUT2D eigenvalue weighted by molar-refractivity contribution is -0.113. The van der Waals surface area contributed by atoms with Crippen molar-refractivity contribution < 1.29 is 9.53 Å². The summed E-state index contributed by atoms with van der Waals surface area (Å²) in [4.78, 5) is 16.9. The number of benzene rings is 1. The van der Waals surface area contributed by atoms with Crippen LogP contribution in [0, 0.1) is 20.8 Å². The molecule has 0 spiro atoms. The zero-order valence-corrected chi connectivity index (χ0v) is 20.5. The van der Waals surface area contributed by atoms with Crippen molar-refractivity contribution in [2.45, 2.75) is 32.5 Å². The Bertz CT molecular complexity index is 1270. The van der Waals surface area contributed by atoms with Gasteiger partial charge in [0.2, 0.25) is 5.91 Å². The van der Waals surface area contributed by atoms with Crippen LogP contribution in [0.3, 0.4) is 0 Å². The third-order valence-corrected chi connectivity index (χ3v) is 6.31. The summed E-state index contributed by atoms with van der Waals surface area (Å²) in [6, 6.07) is 11.9. The van der Waals surface area contributed by atoms with Crippen LogP contribution in [0.25, 0.3) is 17.1 Å². The Balaban J connectivity index is 1.47. The van der Waals surface area contributed by atoms with Crippen LogP contribution in [0.15, 0.2) is 53.9 Å². The molecule has 0 aliphatic heterocycles. The fourth-order valence-corrected chi connectivity index (χ4v) is 4.33. The molecule has 9 nitrogen and oxygen atoms in total. The van der Waals surface area contributed by atoms with E-state index in [1.165, 1.54) is 17.3 Å². The van der Waals surface area contributed by atoms with Gasteiger partial charge < -0.3 is 10.1 Å². The minimum atomic E-state index is -0.133. The molecule has 0 aliphatic carbocycles. The fraction of sp³-hybridized carbons (Fsp3) is 0.292. The number of pyridine rings is 1.